The molecule has 5 nitrogen and oxygen atoms in total. The van der Waals surface area contributed by atoms with Crippen molar-refractivity contribution in [2.24, 2.45) is 0 Å². The van der Waals surface area contributed by atoms with Gasteiger partial charge in [-0.15, -0.1) is 0 Å². The minimum absolute atomic E-state index is 0.357. The van der Waals surface area contributed by atoms with Crippen LogP contribution in [0, 0.1) is 0 Å². The van der Waals surface area contributed by atoms with Crippen molar-refractivity contribution in [1.82, 2.24) is 15.8 Å². The zero-order valence-electron chi connectivity index (χ0n) is 9.24. The normalized spacial score (nSPS) is 9.83. The Hall–Kier alpha value is -2.08. The van der Waals surface area contributed by atoms with E-state index in [1.54, 1.807) is 36.5 Å². The van der Waals surface area contributed by atoms with Gasteiger partial charge in [0.2, 0.25) is 0 Å². The maximum atomic E-state index is 11.6. The van der Waals surface area contributed by atoms with E-state index >= 15 is 0 Å². The molecule has 0 aliphatic rings. The smallest absolute Gasteiger partial charge is 0.286 e. The summed E-state index contributed by atoms with van der Waals surface area (Å²) in [6.07, 6.45) is 1.63. The second-order valence-corrected chi connectivity index (χ2v) is 4.42. The zero-order valence-corrected chi connectivity index (χ0v) is 10.8. The van der Waals surface area contributed by atoms with Gasteiger partial charge in [-0.2, -0.15) is 0 Å². The highest BCUT2D eigenvalue weighted by molar-refractivity contribution is 9.10. The largest absolute Gasteiger partial charge is 0.356 e. The fourth-order valence-electron chi connectivity index (χ4n) is 1.34. The molecule has 0 saturated heterocycles. The molecule has 0 bridgehead atoms. The molecule has 2 rings (SSSR count). The second kappa shape index (κ2) is 5.50. The molecule has 0 atom stereocenters. The Morgan fingerprint density at radius 2 is 1.72 bits per heavy atom. The van der Waals surface area contributed by atoms with Crippen LogP contribution in [0.5, 0.6) is 0 Å². The lowest BCUT2D eigenvalue weighted by Gasteiger charge is -2.05. The first-order chi connectivity index (χ1) is 8.66. The number of carbonyl (C=O) groups is 2. The quantitative estimate of drug-likeness (QED) is 0.741. The molecular weight excluding hydrogens is 298 g/mol. The first kappa shape index (κ1) is 12.4. The summed E-state index contributed by atoms with van der Waals surface area (Å²) in [5, 5.41) is 0. The molecule has 1 heterocycles. The molecule has 1 aromatic carbocycles. The van der Waals surface area contributed by atoms with Crippen molar-refractivity contribution in [2.75, 3.05) is 0 Å². The number of hydrazine groups is 1. The van der Waals surface area contributed by atoms with Gasteiger partial charge in [0.1, 0.15) is 5.69 Å². The van der Waals surface area contributed by atoms with E-state index in [1.165, 1.54) is 0 Å². The molecule has 0 fully saturated rings. The van der Waals surface area contributed by atoms with Crippen LogP contribution in [0.4, 0.5) is 0 Å². The van der Waals surface area contributed by atoms with Gasteiger partial charge in [-0.05, 0) is 34.1 Å². The van der Waals surface area contributed by atoms with Gasteiger partial charge in [-0.1, -0.05) is 18.2 Å². The van der Waals surface area contributed by atoms with Crippen molar-refractivity contribution in [3.8, 4) is 0 Å². The minimum Gasteiger partial charge on any atom is -0.356 e. The monoisotopic (exact) mass is 307 g/mol. The molecule has 0 spiro atoms. The first-order valence-electron chi connectivity index (χ1n) is 5.16. The highest BCUT2D eigenvalue weighted by atomic mass is 79.9. The average molecular weight is 308 g/mol. The SMILES string of the molecule is O=C(NNC(=O)c1cc(Br)c[nH]1)c1ccccc1. The molecule has 18 heavy (non-hydrogen) atoms. The highest BCUT2D eigenvalue weighted by Crippen LogP contribution is 2.09. The van der Waals surface area contributed by atoms with Crippen LogP contribution in [0.1, 0.15) is 20.8 Å². The highest BCUT2D eigenvalue weighted by Gasteiger charge is 2.09. The third kappa shape index (κ3) is 2.98. The third-order valence-corrected chi connectivity index (χ3v) is 2.68. The standard InChI is InChI=1S/C12H10BrN3O2/c13-9-6-10(14-7-9)12(18)16-15-11(17)8-4-2-1-3-5-8/h1-7,14H,(H,15,17)(H,16,18). The van der Waals surface area contributed by atoms with Gasteiger partial charge >= 0.3 is 0 Å². The van der Waals surface area contributed by atoms with E-state index < -0.39 is 5.91 Å². The fraction of sp³-hybridized carbons (Fsp3) is 0. The number of nitrogens with one attached hydrogen (secondary N) is 3. The number of rotatable bonds is 2. The van der Waals surface area contributed by atoms with Crippen LogP contribution in [0.2, 0.25) is 0 Å². The number of aromatic nitrogens is 1. The van der Waals surface area contributed by atoms with Gasteiger partial charge in [-0.25, -0.2) is 0 Å². The molecule has 0 aliphatic heterocycles. The Morgan fingerprint density at radius 3 is 2.33 bits per heavy atom. The van der Waals surface area contributed by atoms with Crippen LogP contribution < -0.4 is 10.9 Å². The number of benzene rings is 1. The Balaban J connectivity index is 1.92. The number of hydrogen-bond acceptors (Lipinski definition) is 2. The van der Waals surface area contributed by atoms with E-state index in [2.05, 4.69) is 31.8 Å². The lowest BCUT2D eigenvalue weighted by molar-refractivity contribution is 0.0844. The van der Waals surface area contributed by atoms with Crippen LogP contribution in [0.3, 0.4) is 0 Å². The van der Waals surface area contributed by atoms with Gasteiger partial charge in [0, 0.05) is 16.2 Å². The van der Waals surface area contributed by atoms with Crippen molar-refractivity contribution >= 4 is 27.7 Å². The Bertz CT molecular complexity index is 566. The summed E-state index contributed by atoms with van der Waals surface area (Å²) in [6.45, 7) is 0. The van der Waals surface area contributed by atoms with E-state index in [-0.39, 0.29) is 5.91 Å². The molecule has 0 unspecified atom stereocenters. The summed E-state index contributed by atoms with van der Waals surface area (Å²) in [4.78, 5) is 26.0. The predicted molar refractivity (Wildman–Crippen MR) is 69.9 cm³/mol. The average Bonchev–Trinajstić information content (AvgIpc) is 2.83. The van der Waals surface area contributed by atoms with Crippen molar-refractivity contribution in [1.29, 1.82) is 0 Å². The van der Waals surface area contributed by atoms with Gasteiger partial charge in [0.15, 0.2) is 0 Å². The Labute approximate surface area is 112 Å². The minimum atomic E-state index is -0.412. The summed E-state index contributed by atoms with van der Waals surface area (Å²) in [5.41, 5.74) is 5.49. The lowest BCUT2D eigenvalue weighted by atomic mass is 10.2. The van der Waals surface area contributed by atoms with E-state index in [0.29, 0.717) is 11.3 Å². The molecule has 1 aromatic heterocycles. The molecule has 2 aromatic rings. The number of H-pyrrole nitrogens is 1. The molecular formula is C12H10BrN3O2. The summed E-state index contributed by atoms with van der Waals surface area (Å²) < 4.78 is 0.766. The van der Waals surface area contributed by atoms with E-state index in [9.17, 15) is 9.59 Å². The molecule has 0 saturated carbocycles. The number of hydrogen-bond donors (Lipinski definition) is 3. The van der Waals surface area contributed by atoms with Crippen molar-refractivity contribution < 1.29 is 9.59 Å². The van der Waals surface area contributed by atoms with Crippen molar-refractivity contribution in [2.45, 2.75) is 0 Å². The Kier molecular flexibility index (Phi) is 3.78. The molecule has 2 amide bonds. The van der Waals surface area contributed by atoms with Crippen LogP contribution in [0.25, 0.3) is 0 Å². The van der Waals surface area contributed by atoms with Crippen molar-refractivity contribution in [3.05, 3.63) is 58.3 Å². The van der Waals surface area contributed by atoms with E-state index in [4.69, 9.17) is 0 Å². The van der Waals surface area contributed by atoms with Gasteiger partial charge in [-0.3, -0.25) is 20.4 Å². The Morgan fingerprint density at radius 1 is 1.06 bits per heavy atom. The zero-order chi connectivity index (χ0) is 13.0. The number of carbonyl (C=O) groups excluding carboxylic acids is 2. The summed E-state index contributed by atoms with van der Waals surface area (Å²) >= 11 is 3.22. The summed E-state index contributed by atoms with van der Waals surface area (Å²) in [5.74, 6) is -0.778. The molecule has 0 radical (unpaired) electrons. The van der Waals surface area contributed by atoms with Crippen LogP contribution >= 0.6 is 15.9 Å². The molecule has 92 valence electrons. The third-order valence-electron chi connectivity index (χ3n) is 2.22. The maximum Gasteiger partial charge on any atom is 0.286 e. The summed E-state index contributed by atoms with van der Waals surface area (Å²) in [6, 6.07) is 10.2. The topological polar surface area (TPSA) is 74.0 Å². The van der Waals surface area contributed by atoms with Gasteiger partial charge < -0.3 is 4.98 Å². The number of amides is 2. The van der Waals surface area contributed by atoms with E-state index in [0.717, 1.165) is 4.47 Å². The van der Waals surface area contributed by atoms with E-state index in [1.807, 2.05) is 6.07 Å². The first-order valence-corrected chi connectivity index (χ1v) is 5.96. The molecule has 0 aliphatic carbocycles. The van der Waals surface area contributed by atoms with Gasteiger partial charge in [0.05, 0.1) is 0 Å². The van der Waals surface area contributed by atoms with Crippen molar-refractivity contribution in [3.63, 3.8) is 0 Å². The summed E-state index contributed by atoms with van der Waals surface area (Å²) in [7, 11) is 0. The molecule has 3 N–H and O–H groups in total. The predicted octanol–water partition coefficient (Wildman–Crippen LogP) is 1.85. The second-order valence-electron chi connectivity index (χ2n) is 3.51. The maximum absolute atomic E-state index is 11.6. The van der Waals surface area contributed by atoms with Crippen LogP contribution in [-0.2, 0) is 0 Å². The fourth-order valence-corrected chi connectivity index (χ4v) is 1.68. The lowest BCUT2D eigenvalue weighted by Crippen LogP contribution is -2.41. The number of halogens is 1. The van der Waals surface area contributed by atoms with Gasteiger partial charge in [0.25, 0.3) is 11.8 Å². The van der Waals surface area contributed by atoms with Crippen LogP contribution in [-0.4, -0.2) is 16.8 Å². The number of aromatic amines is 1. The van der Waals surface area contributed by atoms with Crippen LogP contribution in [0.15, 0.2) is 47.1 Å². The molecule has 6 heteroatoms.